The Morgan fingerprint density at radius 3 is 3.07 bits per heavy atom. The van der Waals surface area contributed by atoms with Crippen LogP contribution in [0.2, 0.25) is 0 Å². The summed E-state index contributed by atoms with van der Waals surface area (Å²) in [7, 11) is 1.73. The van der Waals surface area contributed by atoms with E-state index in [1.54, 1.807) is 18.4 Å². The fraction of sp³-hybridized carbons (Fsp3) is 0.455. The monoisotopic (exact) mass is 211 g/mol. The van der Waals surface area contributed by atoms with Gasteiger partial charge in [-0.3, -0.25) is 0 Å². The van der Waals surface area contributed by atoms with Gasteiger partial charge in [-0.25, -0.2) is 0 Å². The summed E-state index contributed by atoms with van der Waals surface area (Å²) < 4.78 is 5.15. The summed E-state index contributed by atoms with van der Waals surface area (Å²) in [5.41, 5.74) is 6.80. The molecule has 0 aliphatic heterocycles. The molecule has 0 fully saturated rings. The molecule has 2 N–H and O–H groups in total. The highest BCUT2D eigenvalue weighted by atomic mass is 32.1. The topological polar surface area (TPSA) is 35.2 Å². The third-order valence-electron chi connectivity index (χ3n) is 1.92. The fourth-order valence-electron chi connectivity index (χ4n) is 1.28. The van der Waals surface area contributed by atoms with Crippen molar-refractivity contribution in [3.8, 4) is 0 Å². The van der Waals surface area contributed by atoms with E-state index in [1.807, 2.05) is 0 Å². The largest absolute Gasteiger partial charge is 0.380 e. The SMILES string of the molecule is COC/C(=C/c1cccs1)CCCN. The van der Waals surface area contributed by atoms with E-state index in [4.69, 9.17) is 10.5 Å². The van der Waals surface area contributed by atoms with E-state index in [-0.39, 0.29) is 0 Å². The first-order chi connectivity index (χ1) is 6.86. The van der Waals surface area contributed by atoms with Crippen molar-refractivity contribution < 1.29 is 4.74 Å². The van der Waals surface area contributed by atoms with Gasteiger partial charge in [-0.05, 0) is 42.5 Å². The number of methoxy groups -OCH3 is 1. The van der Waals surface area contributed by atoms with Gasteiger partial charge in [0.15, 0.2) is 0 Å². The first-order valence-corrected chi connectivity index (χ1v) is 5.66. The van der Waals surface area contributed by atoms with Crippen LogP contribution in [-0.4, -0.2) is 20.3 Å². The zero-order valence-corrected chi connectivity index (χ0v) is 9.35. The second-order valence-electron chi connectivity index (χ2n) is 3.14. The van der Waals surface area contributed by atoms with Gasteiger partial charge in [0.1, 0.15) is 0 Å². The van der Waals surface area contributed by atoms with E-state index in [0.29, 0.717) is 6.61 Å². The molecule has 2 nitrogen and oxygen atoms in total. The van der Waals surface area contributed by atoms with Crippen molar-refractivity contribution in [2.24, 2.45) is 5.73 Å². The lowest BCUT2D eigenvalue weighted by Crippen LogP contribution is -2.01. The molecule has 1 aromatic heterocycles. The van der Waals surface area contributed by atoms with Crippen molar-refractivity contribution in [2.45, 2.75) is 12.8 Å². The maximum absolute atomic E-state index is 5.48. The molecule has 0 amide bonds. The molecule has 1 rings (SSSR count). The summed E-state index contributed by atoms with van der Waals surface area (Å²) >= 11 is 1.75. The average molecular weight is 211 g/mol. The molecule has 14 heavy (non-hydrogen) atoms. The molecule has 0 saturated heterocycles. The molecular weight excluding hydrogens is 194 g/mol. The number of rotatable bonds is 6. The van der Waals surface area contributed by atoms with Crippen LogP contribution in [-0.2, 0) is 4.74 Å². The standard InChI is InChI=1S/C11H17NOS/c1-13-9-10(4-2-6-12)8-11-5-3-7-14-11/h3,5,7-8H,2,4,6,9,12H2,1H3/b10-8+. The molecule has 3 heteroatoms. The van der Waals surface area contributed by atoms with Gasteiger partial charge in [0.05, 0.1) is 6.61 Å². The lowest BCUT2D eigenvalue weighted by Gasteiger charge is -2.04. The third kappa shape index (κ3) is 4.05. The van der Waals surface area contributed by atoms with Crippen molar-refractivity contribution in [2.75, 3.05) is 20.3 Å². The Labute approximate surface area is 89.4 Å². The van der Waals surface area contributed by atoms with Gasteiger partial charge in [0, 0.05) is 12.0 Å². The molecule has 0 saturated carbocycles. The van der Waals surface area contributed by atoms with Gasteiger partial charge < -0.3 is 10.5 Å². The zero-order chi connectivity index (χ0) is 10.2. The van der Waals surface area contributed by atoms with Gasteiger partial charge in [-0.1, -0.05) is 6.07 Å². The molecular formula is C11H17NOS. The Hall–Kier alpha value is -0.640. The van der Waals surface area contributed by atoms with Crippen molar-refractivity contribution >= 4 is 17.4 Å². The number of hydrogen-bond donors (Lipinski definition) is 1. The fourth-order valence-corrected chi connectivity index (χ4v) is 1.98. The van der Waals surface area contributed by atoms with E-state index >= 15 is 0 Å². The number of ether oxygens (including phenoxy) is 1. The van der Waals surface area contributed by atoms with Crippen LogP contribution in [0.25, 0.3) is 6.08 Å². The summed E-state index contributed by atoms with van der Waals surface area (Å²) in [5.74, 6) is 0. The van der Waals surface area contributed by atoms with Crippen LogP contribution in [0.1, 0.15) is 17.7 Å². The molecule has 1 heterocycles. The molecule has 1 aromatic rings. The lowest BCUT2D eigenvalue weighted by molar-refractivity contribution is 0.223. The van der Waals surface area contributed by atoms with Gasteiger partial charge >= 0.3 is 0 Å². The summed E-state index contributed by atoms with van der Waals surface area (Å²) in [5, 5.41) is 2.08. The minimum Gasteiger partial charge on any atom is -0.380 e. The highest BCUT2D eigenvalue weighted by Gasteiger charge is 1.97. The van der Waals surface area contributed by atoms with Crippen molar-refractivity contribution in [3.63, 3.8) is 0 Å². The van der Waals surface area contributed by atoms with Crippen LogP contribution < -0.4 is 5.73 Å². The van der Waals surface area contributed by atoms with Crippen molar-refractivity contribution in [3.05, 3.63) is 28.0 Å². The zero-order valence-electron chi connectivity index (χ0n) is 8.53. The van der Waals surface area contributed by atoms with E-state index in [0.717, 1.165) is 19.4 Å². The molecule has 0 spiro atoms. The van der Waals surface area contributed by atoms with Crippen LogP contribution >= 0.6 is 11.3 Å². The van der Waals surface area contributed by atoms with Crippen LogP contribution in [0.4, 0.5) is 0 Å². The maximum atomic E-state index is 5.48. The predicted molar refractivity (Wildman–Crippen MR) is 62.5 cm³/mol. The lowest BCUT2D eigenvalue weighted by atomic mass is 10.1. The molecule has 0 radical (unpaired) electrons. The average Bonchev–Trinajstić information content (AvgIpc) is 2.67. The minimum absolute atomic E-state index is 0.706. The molecule has 0 aromatic carbocycles. The Bertz CT molecular complexity index is 267. The first kappa shape index (κ1) is 11.4. The second kappa shape index (κ2) is 6.76. The molecule has 78 valence electrons. The van der Waals surface area contributed by atoms with E-state index in [2.05, 4.69) is 23.6 Å². The maximum Gasteiger partial charge on any atom is 0.0676 e. The third-order valence-corrected chi connectivity index (χ3v) is 2.74. The predicted octanol–water partition coefficient (Wildman–Crippen LogP) is 2.52. The summed E-state index contributed by atoms with van der Waals surface area (Å²) in [6, 6.07) is 4.17. The highest BCUT2D eigenvalue weighted by molar-refractivity contribution is 7.10. The highest BCUT2D eigenvalue weighted by Crippen LogP contribution is 2.16. The first-order valence-electron chi connectivity index (χ1n) is 4.78. The molecule has 0 bridgehead atoms. The van der Waals surface area contributed by atoms with Gasteiger partial charge in [0.2, 0.25) is 0 Å². The van der Waals surface area contributed by atoms with Gasteiger partial charge in [-0.2, -0.15) is 0 Å². The van der Waals surface area contributed by atoms with Crippen LogP contribution in [0.5, 0.6) is 0 Å². The molecule has 0 aliphatic rings. The Morgan fingerprint density at radius 2 is 2.50 bits per heavy atom. The smallest absolute Gasteiger partial charge is 0.0676 e. The number of hydrogen-bond acceptors (Lipinski definition) is 3. The molecule has 0 atom stereocenters. The van der Waals surface area contributed by atoms with Crippen molar-refractivity contribution in [1.82, 2.24) is 0 Å². The number of nitrogens with two attached hydrogens (primary N) is 1. The number of thiophene rings is 1. The summed E-state index contributed by atoms with van der Waals surface area (Å²) in [6.07, 6.45) is 4.26. The van der Waals surface area contributed by atoms with E-state index < -0.39 is 0 Å². The Kier molecular flexibility index (Phi) is 5.52. The Morgan fingerprint density at radius 1 is 1.64 bits per heavy atom. The Balaban J connectivity index is 2.56. The van der Waals surface area contributed by atoms with Crippen LogP contribution in [0, 0.1) is 0 Å². The summed E-state index contributed by atoms with van der Waals surface area (Å²) in [6.45, 7) is 1.45. The van der Waals surface area contributed by atoms with E-state index in [1.165, 1.54) is 10.5 Å². The van der Waals surface area contributed by atoms with Crippen LogP contribution in [0.15, 0.2) is 23.1 Å². The van der Waals surface area contributed by atoms with Crippen molar-refractivity contribution in [1.29, 1.82) is 0 Å². The minimum atomic E-state index is 0.706. The molecule has 0 unspecified atom stereocenters. The normalized spacial score (nSPS) is 12.0. The van der Waals surface area contributed by atoms with E-state index in [9.17, 15) is 0 Å². The quantitative estimate of drug-likeness (QED) is 0.784. The summed E-state index contributed by atoms with van der Waals surface area (Å²) in [4.78, 5) is 1.29. The molecule has 0 aliphatic carbocycles. The van der Waals surface area contributed by atoms with Crippen LogP contribution in [0.3, 0.4) is 0 Å². The second-order valence-corrected chi connectivity index (χ2v) is 4.12. The van der Waals surface area contributed by atoms with Gasteiger partial charge in [0.25, 0.3) is 0 Å². The van der Waals surface area contributed by atoms with Gasteiger partial charge in [-0.15, -0.1) is 11.3 Å².